The number of aromatic hydroxyl groups is 1. The molecule has 2 unspecified atom stereocenters. The van der Waals surface area contributed by atoms with E-state index in [2.05, 4.69) is 4.74 Å². The Morgan fingerprint density at radius 3 is 2.47 bits per heavy atom. The SMILES string of the molecule is COC(=O)C(C)C(O)c1ccc(OC)c(O)c1. The van der Waals surface area contributed by atoms with Crippen molar-refractivity contribution in [3.8, 4) is 11.5 Å². The van der Waals surface area contributed by atoms with Crippen LogP contribution in [0.1, 0.15) is 18.6 Å². The number of phenolic OH excluding ortho intramolecular Hbond substituents is 1. The van der Waals surface area contributed by atoms with E-state index in [-0.39, 0.29) is 5.75 Å². The van der Waals surface area contributed by atoms with Crippen molar-refractivity contribution in [3.63, 3.8) is 0 Å². The van der Waals surface area contributed by atoms with Gasteiger partial charge in [-0.15, -0.1) is 0 Å². The molecule has 0 amide bonds. The highest BCUT2D eigenvalue weighted by Crippen LogP contribution is 2.31. The zero-order chi connectivity index (χ0) is 13.0. The van der Waals surface area contributed by atoms with E-state index in [1.165, 1.54) is 26.4 Å². The van der Waals surface area contributed by atoms with Crippen molar-refractivity contribution in [1.82, 2.24) is 0 Å². The summed E-state index contributed by atoms with van der Waals surface area (Å²) in [6.45, 7) is 1.55. The van der Waals surface area contributed by atoms with Crippen LogP contribution >= 0.6 is 0 Å². The topological polar surface area (TPSA) is 76.0 Å². The fourth-order valence-electron chi connectivity index (χ4n) is 1.49. The Hall–Kier alpha value is -1.75. The van der Waals surface area contributed by atoms with Gasteiger partial charge in [-0.25, -0.2) is 0 Å². The highest BCUT2D eigenvalue weighted by molar-refractivity contribution is 5.72. The molecule has 0 aliphatic carbocycles. The lowest BCUT2D eigenvalue weighted by Crippen LogP contribution is -2.20. The maximum atomic E-state index is 11.3. The molecule has 2 N–H and O–H groups in total. The van der Waals surface area contributed by atoms with Crippen molar-refractivity contribution in [2.24, 2.45) is 5.92 Å². The summed E-state index contributed by atoms with van der Waals surface area (Å²) >= 11 is 0. The average molecular weight is 240 g/mol. The summed E-state index contributed by atoms with van der Waals surface area (Å²) in [7, 11) is 2.69. The highest BCUT2D eigenvalue weighted by atomic mass is 16.5. The van der Waals surface area contributed by atoms with E-state index in [4.69, 9.17) is 4.74 Å². The third kappa shape index (κ3) is 2.88. The van der Waals surface area contributed by atoms with Crippen LogP contribution in [-0.2, 0) is 9.53 Å². The third-order valence-electron chi connectivity index (χ3n) is 2.59. The minimum Gasteiger partial charge on any atom is -0.504 e. The smallest absolute Gasteiger partial charge is 0.311 e. The van der Waals surface area contributed by atoms with Gasteiger partial charge in [0.15, 0.2) is 11.5 Å². The molecule has 2 atom stereocenters. The number of esters is 1. The van der Waals surface area contributed by atoms with Gasteiger partial charge in [0.1, 0.15) is 0 Å². The summed E-state index contributed by atoms with van der Waals surface area (Å²) < 4.78 is 9.43. The summed E-state index contributed by atoms with van der Waals surface area (Å²) in [5.41, 5.74) is 0.432. The largest absolute Gasteiger partial charge is 0.504 e. The standard InChI is InChI=1S/C12H16O5/c1-7(12(15)17-3)11(14)8-4-5-10(16-2)9(13)6-8/h4-7,11,13-14H,1-3H3. The number of phenols is 1. The van der Waals surface area contributed by atoms with Crippen molar-refractivity contribution in [3.05, 3.63) is 23.8 Å². The lowest BCUT2D eigenvalue weighted by atomic mass is 9.97. The first-order valence-corrected chi connectivity index (χ1v) is 5.14. The van der Waals surface area contributed by atoms with Gasteiger partial charge in [0, 0.05) is 0 Å². The fraction of sp³-hybridized carbons (Fsp3) is 0.417. The Bertz CT molecular complexity index is 402. The monoisotopic (exact) mass is 240 g/mol. The number of aliphatic hydroxyl groups is 1. The van der Waals surface area contributed by atoms with E-state index in [1.54, 1.807) is 13.0 Å². The number of hydrogen-bond acceptors (Lipinski definition) is 5. The van der Waals surface area contributed by atoms with Crippen molar-refractivity contribution in [2.45, 2.75) is 13.0 Å². The molecule has 0 aliphatic heterocycles. The molecule has 0 spiro atoms. The van der Waals surface area contributed by atoms with Crippen molar-refractivity contribution >= 4 is 5.97 Å². The first-order valence-electron chi connectivity index (χ1n) is 5.14. The number of hydrogen-bond donors (Lipinski definition) is 2. The van der Waals surface area contributed by atoms with Gasteiger partial charge in [-0.2, -0.15) is 0 Å². The van der Waals surface area contributed by atoms with Gasteiger partial charge in [0.25, 0.3) is 0 Å². The zero-order valence-electron chi connectivity index (χ0n) is 10.0. The van der Waals surface area contributed by atoms with Crippen molar-refractivity contribution in [2.75, 3.05) is 14.2 Å². The molecule has 0 heterocycles. The first-order chi connectivity index (χ1) is 8.01. The van der Waals surface area contributed by atoms with Crippen molar-refractivity contribution in [1.29, 1.82) is 0 Å². The molecule has 17 heavy (non-hydrogen) atoms. The van der Waals surface area contributed by atoms with Crippen LogP contribution in [0.25, 0.3) is 0 Å². The number of ether oxygens (including phenoxy) is 2. The summed E-state index contributed by atoms with van der Waals surface area (Å²) in [6, 6.07) is 4.48. The molecular weight excluding hydrogens is 224 g/mol. The summed E-state index contributed by atoms with van der Waals surface area (Å²) in [6.07, 6.45) is -1.03. The predicted octanol–water partition coefficient (Wildman–Crippen LogP) is 1.24. The van der Waals surface area contributed by atoms with Crippen LogP contribution in [0.3, 0.4) is 0 Å². The third-order valence-corrected chi connectivity index (χ3v) is 2.59. The number of methoxy groups -OCH3 is 2. The molecular formula is C12H16O5. The van der Waals surface area contributed by atoms with Crippen LogP contribution in [-0.4, -0.2) is 30.4 Å². The normalized spacial score (nSPS) is 13.9. The molecule has 1 aromatic carbocycles. The summed E-state index contributed by atoms with van der Waals surface area (Å²) in [5, 5.41) is 19.5. The molecule has 1 rings (SSSR count). The van der Waals surface area contributed by atoms with Crippen LogP contribution in [0.15, 0.2) is 18.2 Å². The first kappa shape index (κ1) is 13.3. The van der Waals surface area contributed by atoms with E-state index in [0.717, 1.165) is 0 Å². The van der Waals surface area contributed by atoms with Gasteiger partial charge < -0.3 is 19.7 Å². The second-order valence-electron chi connectivity index (χ2n) is 3.69. The van der Waals surface area contributed by atoms with Crippen LogP contribution in [0.4, 0.5) is 0 Å². The molecule has 0 bridgehead atoms. The second-order valence-corrected chi connectivity index (χ2v) is 3.69. The number of benzene rings is 1. The quantitative estimate of drug-likeness (QED) is 0.774. The molecule has 1 aromatic rings. The van der Waals surface area contributed by atoms with Crippen LogP contribution < -0.4 is 4.74 Å². The van der Waals surface area contributed by atoms with E-state index in [1.807, 2.05) is 0 Å². The van der Waals surface area contributed by atoms with Gasteiger partial charge in [-0.1, -0.05) is 6.07 Å². The van der Waals surface area contributed by atoms with E-state index in [9.17, 15) is 15.0 Å². The Kier molecular flexibility index (Phi) is 4.34. The Morgan fingerprint density at radius 1 is 1.35 bits per heavy atom. The van der Waals surface area contributed by atoms with Gasteiger partial charge in [-0.3, -0.25) is 4.79 Å². The van der Waals surface area contributed by atoms with Gasteiger partial charge in [0.05, 0.1) is 26.2 Å². The van der Waals surface area contributed by atoms with E-state index < -0.39 is 18.0 Å². The predicted molar refractivity (Wildman–Crippen MR) is 60.8 cm³/mol. The lowest BCUT2D eigenvalue weighted by molar-refractivity contribution is -0.148. The molecule has 0 aliphatic rings. The number of rotatable bonds is 4. The summed E-state index contributed by atoms with van der Waals surface area (Å²) in [4.78, 5) is 11.3. The number of aliphatic hydroxyl groups excluding tert-OH is 1. The Morgan fingerprint density at radius 2 is 2.00 bits per heavy atom. The van der Waals surface area contributed by atoms with Gasteiger partial charge >= 0.3 is 5.97 Å². The minimum atomic E-state index is -1.03. The minimum absolute atomic E-state index is 0.0823. The molecule has 0 fully saturated rings. The number of carbonyl (C=O) groups is 1. The molecule has 5 nitrogen and oxygen atoms in total. The molecule has 0 aromatic heterocycles. The molecule has 0 saturated carbocycles. The zero-order valence-corrected chi connectivity index (χ0v) is 10.0. The fourth-order valence-corrected chi connectivity index (χ4v) is 1.49. The van der Waals surface area contributed by atoms with Crippen LogP contribution in [0.2, 0.25) is 0 Å². The van der Waals surface area contributed by atoms with Gasteiger partial charge in [0.2, 0.25) is 0 Å². The average Bonchev–Trinajstić information content (AvgIpc) is 2.35. The molecule has 94 valence electrons. The lowest BCUT2D eigenvalue weighted by Gasteiger charge is -2.17. The van der Waals surface area contributed by atoms with E-state index >= 15 is 0 Å². The van der Waals surface area contributed by atoms with Crippen LogP contribution in [0.5, 0.6) is 11.5 Å². The number of carbonyl (C=O) groups excluding carboxylic acids is 1. The second kappa shape index (κ2) is 5.54. The van der Waals surface area contributed by atoms with E-state index in [0.29, 0.717) is 11.3 Å². The Balaban J connectivity index is 2.93. The van der Waals surface area contributed by atoms with Crippen LogP contribution in [0, 0.1) is 5.92 Å². The highest BCUT2D eigenvalue weighted by Gasteiger charge is 2.24. The molecule has 0 saturated heterocycles. The maximum Gasteiger partial charge on any atom is 0.311 e. The molecule has 0 radical (unpaired) electrons. The molecule has 5 heteroatoms. The van der Waals surface area contributed by atoms with Gasteiger partial charge in [-0.05, 0) is 24.6 Å². The van der Waals surface area contributed by atoms with Crippen molar-refractivity contribution < 1.29 is 24.5 Å². The Labute approximate surface area is 99.6 Å². The maximum absolute atomic E-state index is 11.3. The summed E-state index contributed by atoms with van der Waals surface area (Å²) in [5.74, 6) is -0.978.